The van der Waals surface area contributed by atoms with E-state index in [0.717, 1.165) is 5.56 Å². The average molecular weight is 757 g/mol. The molecule has 2 aromatic heterocycles. The van der Waals surface area contributed by atoms with Crippen LogP contribution in [0.1, 0.15) is 41.8 Å². The van der Waals surface area contributed by atoms with Gasteiger partial charge in [0.25, 0.3) is 5.91 Å². The quantitative estimate of drug-likeness (QED) is 0.106. The minimum Gasteiger partial charge on any atom is -0.166 e. The minimum atomic E-state index is -4.78. The van der Waals surface area contributed by atoms with Crippen molar-refractivity contribution in [3.63, 3.8) is 0 Å². The van der Waals surface area contributed by atoms with Gasteiger partial charge in [0.1, 0.15) is 0 Å². The Morgan fingerprint density at radius 3 is 2.56 bits per heavy atom. The number of halogens is 4. The van der Waals surface area contributed by atoms with Crippen LogP contribution in [0.25, 0.3) is 11.1 Å². The second-order valence-corrected chi connectivity index (χ2v) is 15.7. The summed E-state index contributed by atoms with van der Waals surface area (Å²) < 4.78 is 61.2. The van der Waals surface area contributed by atoms with Crippen LogP contribution in [-0.2, 0) is 26.5 Å². The van der Waals surface area contributed by atoms with Crippen molar-refractivity contribution in [3.05, 3.63) is 77.7 Å². The molecule has 0 radical (unpaired) electrons. The Hall–Kier alpha value is -3.66. The number of rotatable bonds is 15. The van der Waals surface area contributed by atoms with Crippen molar-refractivity contribution in [2.45, 2.75) is 39.2 Å². The molecular formula is C29H32F3IN7O4P. The van der Waals surface area contributed by atoms with Crippen LogP contribution in [0.5, 0.6) is 0 Å². The Balaban J connectivity index is 1.61. The molecule has 240 valence electrons. The molecule has 4 rings (SSSR count). The first-order valence-corrected chi connectivity index (χ1v) is 19.1. The van der Waals surface area contributed by atoms with Gasteiger partial charge in [0.2, 0.25) is 0 Å². The Kier molecular flexibility index (Phi) is 12.2. The van der Waals surface area contributed by atoms with Crippen molar-refractivity contribution in [1.82, 2.24) is 25.1 Å². The van der Waals surface area contributed by atoms with Crippen molar-refractivity contribution in [1.29, 1.82) is 0 Å². The second kappa shape index (κ2) is 16.1. The number of alkyl halides is 3. The van der Waals surface area contributed by atoms with E-state index in [1.165, 1.54) is 6.07 Å². The Labute approximate surface area is 269 Å². The number of carbonyl (C=O) groups is 1. The molecule has 0 bridgehead atoms. The number of aliphatic hydroxyl groups excluding tert-OH is 1. The zero-order valence-corrected chi connectivity index (χ0v) is 27.5. The molecule has 2 aromatic carbocycles. The number of nitrogens with one attached hydrogen (secondary N) is 3. The topological polar surface area (TPSA) is 143 Å². The van der Waals surface area contributed by atoms with E-state index < -0.39 is 50.0 Å². The predicted molar refractivity (Wildman–Crippen MR) is 160 cm³/mol. The smallest absolute Gasteiger partial charge is 0.166 e. The van der Waals surface area contributed by atoms with Gasteiger partial charge in [0, 0.05) is 31.5 Å². The molecule has 0 spiro atoms. The van der Waals surface area contributed by atoms with Gasteiger partial charge in [0.15, 0.2) is 0 Å². The van der Waals surface area contributed by atoms with Gasteiger partial charge in [0.05, 0.1) is 11.8 Å². The van der Waals surface area contributed by atoms with Crippen molar-refractivity contribution in [2.75, 3.05) is 30.4 Å². The molecule has 45 heavy (non-hydrogen) atoms. The summed E-state index contributed by atoms with van der Waals surface area (Å²) in [5, 5.41) is 21.7. The molecule has 2 heterocycles. The zero-order chi connectivity index (χ0) is 32.4. The monoisotopic (exact) mass is 757 g/mol. The summed E-state index contributed by atoms with van der Waals surface area (Å²) in [6.45, 7) is 4.94. The molecule has 0 saturated carbocycles. The van der Waals surface area contributed by atoms with Crippen molar-refractivity contribution < 1.29 is 51.8 Å². The summed E-state index contributed by atoms with van der Waals surface area (Å²) in [6, 6.07) is 11.7. The van der Waals surface area contributed by atoms with Gasteiger partial charge in [-0.1, -0.05) is 6.07 Å². The molecule has 1 atom stereocenters. The van der Waals surface area contributed by atoms with Crippen molar-refractivity contribution in [3.8, 4) is 11.1 Å². The van der Waals surface area contributed by atoms with Gasteiger partial charge in [-0.25, -0.2) is 0 Å². The summed E-state index contributed by atoms with van der Waals surface area (Å²) in [7, 11) is 0. The molecule has 11 nitrogen and oxygen atoms in total. The normalized spacial score (nSPS) is 11.8. The Morgan fingerprint density at radius 1 is 1.09 bits per heavy atom. The number of amides is 1. The van der Waals surface area contributed by atoms with Gasteiger partial charge in [-0.3, -0.25) is 9.48 Å². The Bertz CT molecular complexity index is 1620. The molecule has 0 saturated heterocycles. The van der Waals surface area contributed by atoms with Crippen LogP contribution >= 0.6 is 5.44 Å². The van der Waals surface area contributed by atoms with E-state index in [9.17, 15) is 22.5 Å². The fraction of sp³-hybridized carbons (Fsp3) is 0.310. The number of benzene rings is 2. The SMILES string of the molecule is CCNC(=O)c1cc(-c2cnn(CCCO)c2)ccc1Nc1nc(Nc2ccc(C[P+](=O)[I-]OCC)cc2)ncc1C(F)(F)F. The van der Waals surface area contributed by atoms with Crippen LogP contribution < -0.4 is 37.0 Å². The van der Waals surface area contributed by atoms with Crippen LogP contribution in [0.15, 0.2) is 61.1 Å². The number of nitrogens with zero attached hydrogens (tertiary/aromatic N) is 4. The average Bonchev–Trinajstić information content (AvgIpc) is 3.49. The number of aromatic nitrogens is 4. The van der Waals surface area contributed by atoms with Gasteiger partial charge in [-0.2, -0.15) is 18.3 Å². The van der Waals surface area contributed by atoms with E-state index in [2.05, 4.69) is 31.0 Å². The van der Waals surface area contributed by atoms with Gasteiger partial charge in [-0.05, 0) is 31.0 Å². The summed E-state index contributed by atoms with van der Waals surface area (Å²) in [4.78, 5) is 21.0. The third kappa shape index (κ3) is 9.66. The number of carbonyl (C=O) groups excluding carboxylic acids is 1. The van der Waals surface area contributed by atoms with Crippen LogP contribution in [0.2, 0.25) is 0 Å². The molecule has 0 aliphatic rings. The molecule has 4 aromatic rings. The molecule has 0 aliphatic carbocycles. The van der Waals surface area contributed by atoms with Gasteiger partial charge in [-0.15, -0.1) is 0 Å². The number of hydrogen-bond acceptors (Lipinski definition) is 9. The third-order valence-corrected chi connectivity index (χ3v) is 10.9. The first-order valence-electron chi connectivity index (χ1n) is 14.0. The standard InChI is InChI=1S/C29H32F3IN7O4P/c1-3-34-27(42)23-14-20(21-15-36-40(17-21)12-5-13-41)8-11-25(23)38-26-24(29(30,31)32)16-35-28(39-26)37-22-9-6-19(7-10-22)18-45(43)33-44-4-2/h6-11,14-17,41H,3-5,12-13,18H2,1-2H3,(H,34,42)(H2,35,37,38,39). The molecule has 0 aliphatic heterocycles. The first-order chi connectivity index (χ1) is 21.6. The third-order valence-electron chi connectivity index (χ3n) is 6.21. The summed E-state index contributed by atoms with van der Waals surface area (Å²) >= 11 is -0.837. The van der Waals surface area contributed by atoms with Crippen LogP contribution in [0.4, 0.5) is 36.3 Å². The molecular weight excluding hydrogens is 725 g/mol. The van der Waals surface area contributed by atoms with E-state index >= 15 is 0 Å². The van der Waals surface area contributed by atoms with E-state index in [4.69, 9.17) is 8.17 Å². The molecule has 16 heteroatoms. The van der Waals surface area contributed by atoms with Crippen LogP contribution in [-0.4, -0.2) is 50.5 Å². The van der Waals surface area contributed by atoms with E-state index in [1.807, 2.05) is 6.92 Å². The molecule has 1 amide bonds. The zero-order valence-electron chi connectivity index (χ0n) is 24.4. The maximum absolute atomic E-state index is 14.0. The number of anilines is 4. The predicted octanol–water partition coefficient (Wildman–Crippen LogP) is 3.26. The minimum absolute atomic E-state index is 0.0170. The van der Waals surface area contributed by atoms with Crippen molar-refractivity contribution in [2.24, 2.45) is 0 Å². The maximum atomic E-state index is 14.0. The Morgan fingerprint density at radius 2 is 1.87 bits per heavy atom. The van der Waals surface area contributed by atoms with E-state index in [-0.39, 0.29) is 23.8 Å². The van der Waals surface area contributed by atoms with Gasteiger partial charge >= 0.3 is 145 Å². The van der Waals surface area contributed by atoms with E-state index in [1.54, 1.807) is 60.4 Å². The van der Waals surface area contributed by atoms with Crippen LogP contribution in [0, 0.1) is 0 Å². The van der Waals surface area contributed by atoms with Crippen molar-refractivity contribution >= 4 is 34.5 Å². The summed E-state index contributed by atoms with van der Waals surface area (Å²) in [6.07, 6.45) is 0.174. The van der Waals surface area contributed by atoms with Gasteiger partial charge < -0.3 is 10.4 Å². The van der Waals surface area contributed by atoms with Crippen LogP contribution in [0.3, 0.4) is 0 Å². The first kappa shape index (κ1) is 34.2. The number of aryl methyl sites for hydroxylation is 1. The molecule has 0 fully saturated rings. The molecule has 4 N–H and O–H groups in total. The number of hydrogen-bond donors (Lipinski definition) is 4. The second-order valence-electron chi connectivity index (χ2n) is 9.53. The molecule has 1 unspecified atom stereocenters. The summed E-state index contributed by atoms with van der Waals surface area (Å²) in [5.41, 5.74) is 0.349. The summed E-state index contributed by atoms with van der Waals surface area (Å²) in [5.74, 6) is -1.12. The number of aliphatic hydroxyl groups is 1. The fourth-order valence-corrected chi connectivity index (χ4v) is 8.23. The van der Waals surface area contributed by atoms with E-state index in [0.29, 0.717) is 55.3 Å². The fourth-order valence-electron chi connectivity index (χ4n) is 4.11.